The summed E-state index contributed by atoms with van der Waals surface area (Å²) in [6, 6.07) is 8.07. The minimum atomic E-state index is -1.07. The molecule has 0 radical (unpaired) electrons. The van der Waals surface area contributed by atoms with E-state index >= 15 is 0 Å². The highest BCUT2D eigenvalue weighted by Gasteiger charge is 2.31. The van der Waals surface area contributed by atoms with E-state index in [0.717, 1.165) is 0 Å². The number of ether oxygens (including phenoxy) is 4. The number of hydrogen-bond donors (Lipinski definition) is 5. The summed E-state index contributed by atoms with van der Waals surface area (Å²) < 4.78 is 20.0. The van der Waals surface area contributed by atoms with E-state index in [1.54, 1.807) is 38.1 Å². The summed E-state index contributed by atoms with van der Waals surface area (Å²) in [5.41, 5.74) is 0.749. The normalized spacial score (nSPS) is 12.2. The van der Waals surface area contributed by atoms with Crippen LogP contribution in [0, 0.1) is 22.0 Å². The van der Waals surface area contributed by atoms with Crippen molar-refractivity contribution in [3.8, 4) is 5.75 Å². The van der Waals surface area contributed by atoms with Crippen molar-refractivity contribution in [1.29, 1.82) is 0 Å². The number of anilines is 1. The maximum absolute atomic E-state index is 13.8. The molecule has 0 spiro atoms. The molecule has 0 aliphatic heterocycles. The predicted molar refractivity (Wildman–Crippen MR) is 209 cm³/mol. The number of non-ortho nitro benzene ring substituents is 1. The number of alkyl carbamates (subject to hydrolysis) is 2. The second-order valence-electron chi connectivity index (χ2n) is 13.4. The summed E-state index contributed by atoms with van der Waals surface area (Å²) in [6.07, 6.45) is 1.57. The maximum atomic E-state index is 13.8. The summed E-state index contributed by atoms with van der Waals surface area (Å²) >= 11 is 0. The van der Waals surface area contributed by atoms with E-state index in [4.69, 9.17) is 18.9 Å². The molecule has 2 aromatic carbocycles. The van der Waals surface area contributed by atoms with Crippen LogP contribution in [0.2, 0.25) is 0 Å². The minimum absolute atomic E-state index is 0.0464. The number of hydrogen-bond acceptors (Lipinski definition) is 12. The van der Waals surface area contributed by atoms with Crippen LogP contribution >= 0.6 is 0 Å². The van der Waals surface area contributed by atoms with E-state index in [1.165, 1.54) is 36.4 Å². The predicted octanol–water partition coefficient (Wildman–Crippen LogP) is 5.28. The third-order valence-corrected chi connectivity index (χ3v) is 7.88. The van der Waals surface area contributed by atoms with E-state index in [0.29, 0.717) is 24.1 Å². The number of unbranched alkanes of at least 4 members (excludes halogenated alkanes) is 1. The Hall–Kier alpha value is -6.46. The van der Waals surface area contributed by atoms with E-state index in [1.807, 2.05) is 13.8 Å². The van der Waals surface area contributed by atoms with Crippen molar-refractivity contribution in [2.45, 2.75) is 78.1 Å². The summed E-state index contributed by atoms with van der Waals surface area (Å²) in [5, 5.41) is 24.2. The molecular weight excluding hydrogens is 744 g/mol. The number of nitro groups is 1. The lowest BCUT2D eigenvalue weighted by molar-refractivity contribution is -0.384. The molecule has 5 amide bonds. The number of carbonyl (C=O) groups is 6. The number of nitro benzene ring substituents is 1. The van der Waals surface area contributed by atoms with Gasteiger partial charge < -0.3 is 45.5 Å². The number of carbonyl (C=O) groups excluding carboxylic acids is 6. The molecule has 0 aliphatic carbocycles. The van der Waals surface area contributed by atoms with Crippen LogP contribution < -0.4 is 31.3 Å². The topological polar surface area (TPSA) is 243 Å². The Morgan fingerprint density at radius 3 is 1.95 bits per heavy atom. The Kier molecular flexibility index (Phi) is 20.4. The molecule has 18 heteroatoms. The van der Waals surface area contributed by atoms with Gasteiger partial charge in [-0.2, -0.15) is 0 Å². The van der Waals surface area contributed by atoms with Crippen molar-refractivity contribution in [2.24, 2.45) is 11.8 Å². The second-order valence-corrected chi connectivity index (χ2v) is 13.4. The zero-order chi connectivity index (χ0) is 42.3. The highest BCUT2D eigenvalue weighted by atomic mass is 16.7. The summed E-state index contributed by atoms with van der Waals surface area (Å²) in [5.74, 6) is -2.13. The first kappa shape index (κ1) is 46.7. The van der Waals surface area contributed by atoms with Crippen LogP contribution in [0.25, 0.3) is 0 Å². The zero-order valence-electron chi connectivity index (χ0n) is 32.6. The van der Waals surface area contributed by atoms with Gasteiger partial charge in [-0.25, -0.2) is 14.4 Å². The van der Waals surface area contributed by atoms with E-state index in [-0.39, 0.29) is 62.5 Å². The van der Waals surface area contributed by atoms with Crippen molar-refractivity contribution in [1.82, 2.24) is 21.3 Å². The van der Waals surface area contributed by atoms with Crippen LogP contribution in [0.3, 0.4) is 0 Å². The van der Waals surface area contributed by atoms with Gasteiger partial charge in [0.05, 0.1) is 4.92 Å². The highest BCUT2D eigenvalue weighted by Crippen LogP contribution is 2.19. The van der Waals surface area contributed by atoms with Crippen molar-refractivity contribution < 1.29 is 52.6 Å². The molecule has 0 aromatic heterocycles. The SMILES string of the molecule is C=CCOC(=O)NCCCC[C@H](NC(=O)[C@H](CC(C)C)NC(=O)[C@H](NC(=O)OCC=C)C(C)C)C(=O)Nc1ccc(COC(=O)Oc2ccc([N+](=O)[O-])cc2)cc1. The molecule has 2 aromatic rings. The molecule has 0 aliphatic rings. The average Bonchev–Trinajstić information content (AvgIpc) is 3.16. The van der Waals surface area contributed by atoms with Gasteiger partial charge in [-0.1, -0.05) is 65.1 Å². The highest BCUT2D eigenvalue weighted by molar-refractivity contribution is 5.98. The molecule has 310 valence electrons. The first-order chi connectivity index (χ1) is 27.1. The van der Waals surface area contributed by atoms with Gasteiger partial charge in [-0.05, 0) is 67.3 Å². The fraction of sp³-hybridized carbons (Fsp3) is 0.436. The lowest BCUT2D eigenvalue weighted by Gasteiger charge is -2.27. The summed E-state index contributed by atoms with van der Waals surface area (Å²) in [4.78, 5) is 87.2. The summed E-state index contributed by atoms with van der Waals surface area (Å²) in [7, 11) is 0. The zero-order valence-corrected chi connectivity index (χ0v) is 32.6. The Bertz CT molecular complexity index is 1680. The molecule has 18 nitrogen and oxygen atoms in total. The molecule has 0 bridgehead atoms. The number of nitrogens with zero attached hydrogens (tertiary/aromatic N) is 1. The smallest absolute Gasteiger partial charge is 0.445 e. The van der Waals surface area contributed by atoms with Gasteiger partial charge in [0, 0.05) is 24.4 Å². The Labute approximate surface area is 331 Å². The lowest BCUT2D eigenvalue weighted by Crippen LogP contribution is -2.57. The van der Waals surface area contributed by atoms with Crippen molar-refractivity contribution >= 4 is 47.4 Å². The maximum Gasteiger partial charge on any atom is 0.514 e. The van der Waals surface area contributed by atoms with E-state index in [9.17, 15) is 38.9 Å². The van der Waals surface area contributed by atoms with E-state index in [2.05, 4.69) is 39.7 Å². The largest absolute Gasteiger partial charge is 0.514 e. The molecular formula is C39H52N6O12. The molecule has 3 atom stereocenters. The second kappa shape index (κ2) is 24.8. The molecule has 57 heavy (non-hydrogen) atoms. The average molecular weight is 797 g/mol. The van der Waals surface area contributed by atoms with Gasteiger partial charge in [-0.3, -0.25) is 24.5 Å². The van der Waals surface area contributed by atoms with Crippen molar-refractivity contribution in [3.05, 3.63) is 89.5 Å². The Balaban J connectivity index is 2.13. The molecule has 0 unspecified atom stereocenters. The van der Waals surface area contributed by atoms with Crippen molar-refractivity contribution in [2.75, 3.05) is 25.1 Å². The van der Waals surface area contributed by atoms with Gasteiger partial charge >= 0.3 is 18.3 Å². The van der Waals surface area contributed by atoms with Crippen LogP contribution in [0.1, 0.15) is 58.9 Å². The molecule has 0 heterocycles. The van der Waals surface area contributed by atoms with E-state index < -0.39 is 59.1 Å². The van der Waals surface area contributed by atoms with Crippen LogP contribution in [-0.2, 0) is 35.2 Å². The number of nitrogens with one attached hydrogen (secondary N) is 5. The standard InChI is InChI=1S/C39H52N6O12/c1-7-21-54-37(49)40-20-10-9-11-31(42-35(47)32(23-25(3)4)43-36(48)33(26(5)6)44-38(50)55-22-8-2)34(46)41-28-14-12-27(13-15-28)24-56-39(51)57-30-18-16-29(17-19-30)45(52)53/h7-8,12-19,25-26,31-33H,1-2,9-11,20-24H2,3-6H3,(H,40,49)(H,41,46)(H,42,47)(H,43,48)(H,44,50)/t31-,32-,33+/m0/s1. The Morgan fingerprint density at radius 1 is 0.754 bits per heavy atom. The monoisotopic (exact) mass is 796 g/mol. The molecule has 2 rings (SSSR count). The number of rotatable bonds is 23. The first-order valence-corrected chi connectivity index (χ1v) is 18.3. The third-order valence-electron chi connectivity index (χ3n) is 7.88. The quantitative estimate of drug-likeness (QED) is 0.0183. The van der Waals surface area contributed by atoms with Crippen LogP contribution in [0.15, 0.2) is 73.8 Å². The van der Waals surface area contributed by atoms with Gasteiger partial charge in [0.1, 0.15) is 43.7 Å². The van der Waals surface area contributed by atoms with Crippen LogP contribution in [0.4, 0.5) is 25.8 Å². The molecule has 5 N–H and O–H groups in total. The number of benzene rings is 2. The lowest BCUT2D eigenvalue weighted by atomic mass is 9.99. The third kappa shape index (κ3) is 18.2. The number of amides is 5. The first-order valence-electron chi connectivity index (χ1n) is 18.3. The fourth-order valence-corrected chi connectivity index (χ4v) is 5.01. The Morgan fingerprint density at radius 2 is 1.37 bits per heavy atom. The van der Waals surface area contributed by atoms with Gasteiger partial charge in [0.15, 0.2) is 0 Å². The fourth-order valence-electron chi connectivity index (χ4n) is 5.01. The van der Waals surface area contributed by atoms with Gasteiger partial charge in [0.25, 0.3) is 5.69 Å². The molecule has 0 fully saturated rings. The van der Waals surface area contributed by atoms with Crippen LogP contribution in [-0.4, -0.2) is 78.9 Å². The van der Waals surface area contributed by atoms with Gasteiger partial charge in [0.2, 0.25) is 17.7 Å². The van der Waals surface area contributed by atoms with Crippen LogP contribution in [0.5, 0.6) is 5.75 Å². The van der Waals surface area contributed by atoms with Crippen molar-refractivity contribution in [3.63, 3.8) is 0 Å². The summed E-state index contributed by atoms with van der Waals surface area (Å²) in [6.45, 7) is 14.2. The minimum Gasteiger partial charge on any atom is -0.445 e. The molecule has 0 saturated heterocycles. The molecule has 0 saturated carbocycles. The van der Waals surface area contributed by atoms with Gasteiger partial charge in [-0.15, -0.1) is 0 Å².